The zero-order chi connectivity index (χ0) is 17.5. The largest absolute Gasteiger partial charge is 0.350 e. The Morgan fingerprint density at radius 3 is 2.71 bits per heavy atom. The molecule has 0 aliphatic rings. The summed E-state index contributed by atoms with van der Waals surface area (Å²) in [7, 11) is 1.76. The first-order chi connectivity index (χ1) is 11.5. The molecule has 1 atom stereocenters. The molecule has 130 valence electrons. The topological polar surface area (TPSA) is 54.2 Å². The maximum atomic E-state index is 6.26. The number of guanidine groups is 1. The van der Waals surface area contributed by atoms with Crippen LogP contribution in [0.1, 0.15) is 38.2 Å². The van der Waals surface area contributed by atoms with E-state index in [0.29, 0.717) is 12.5 Å². The predicted octanol–water partition coefficient (Wildman–Crippen LogP) is 3.62. The molecule has 6 heteroatoms. The van der Waals surface area contributed by atoms with Crippen LogP contribution in [0.15, 0.2) is 41.7 Å². The first kappa shape index (κ1) is 18.3. The fraction of sp³-hybridized carbons (Fsp3) is 0.444. The second-order valence-electron chi connectivity index (χ2n) is 6.20. The van der Waals surface area contributed by atoms with Gasteiger partial charge in [-0.15, -0.1) is 0 Å². The lowest BCUT2D eigenvalue weighted by molar-refractivity contribution is 0.503. The van der Waals surface area contributed by atoms with Gasteiger partial charge in [0.25, 0.3) is 0 Å². The first-order valence-electron chi connectivity index (χ1n) is 8.23. The Balaban J connectivity index is 1.96. The van der Waals surface area contributed by atoms with Gasteiger partial charge in [0, 0.05) is 31.0 Å². The van der Waals surface area contributed by atoms with E-state index in [4.69, 9.17) is 11.6 Å². The summed E-state index contributed by atoms with van der Waals surface area (Å²) in [4.78, 5) is 8.71. The summed E-state index contributed by atoms with van der Waals surface area (Å²) >= 11 is 6.26. The van der Waals surface area contributed by atoms with Crippen LogP contribution in [-0.4, -0.2) is 22.6 Å². The Morgan fingerprint density at radius 2 is 2.04 bits per heavy atom. The molecule has 0 bridgehead atoms. The molecule has 0 saturated heterocycles. The third-order valence-corrected chi connectivity index (χ3v) is 4.07. The maximum Gasteiger partial charge on any atom is 0.191 e. The second kappa shape index (κ2) is 8.73. The van der Waals surface area contributed by atoms with Gasteiger partial charge in [0.15, 0.2) is 5.96 Å². The predicted molar refractivity (Wildman–Crippen MR) is 100 cm³/mol. The summed E-state index contributed by atoms with van der Waals surface area (Å²) in [5.74, 6) is 2.30. The van der Waals surface area contributed by atoms with Crippen molar-refractivity contribution < 1.29 is 0 Å². The molecule has 1 unspecified atom stereocenters. The van der Waals surface area contributed by atoms with Crippen LogP contribution in [0.4, 0.5) is 0 Å². The van der Waals surface area contributed by atoms with E-state index in [1.165, 1.54) is 0 Å². The van der Waals surface area contributed by atoms with E-state index in [1.54, 1.807) is 7.05 Å². The van der Waals surface area contributed by atoms with Gasteiger partial charge in [-0.05, 0) is 24.5 Å². The third kappa shape index (κ3) is 4.99. The Kier molecular flexibility index (Phi) is 6.67. The molecule has 1 aromatic heterocycles. The number of hydrogen-bond donors (Lipinski definition) is 2. The molecule has 0 spiro atoms. The lowest BCUT2D eigenvalue weighted by Gasteiger charge is -2.19. The average Bonchev–Trinajstić information content (AvgIpc) is 2.98. The fourth-order valence-corrected chi connectivity index (χ4v) is 2.83. The van der Waals surface area contributed by atoms with Gasteiger partial charge >= 0.3 is 0 Å². The summed E-state index contributed by atoms with van der Waals surface area (Å²) in [6, 6.07) is 7.88. The number of rotatable bonds is 6. The minimum Gasteiger partial charge on any atom is -0.350 e. The smallest absolute Gasteiger partial charge is 0.191 e. The molecule has 2 N–H and O–H groups in total. The van der Waals surface area contributed by atoms with Crippen molar-refractivity contribution in [3.05, 3.63) is 53.1 Å². The van der Waals surface area contributed by atoms with Gasteiger partial charge in [0.1, 0.15) is 5.82 Å². The van der Waals surface area contributed by atoms with Crippen molar-refractivity contribution in [2.75, 3.05) is 7.05 Å². The van der Waals surface area contributed by atoms with E-state index in [2.05, 4.69) is 45.9 Å². The van der Waals surface area contributed by atoms with Crippen molar-refractivity contribution in [2.24, 2.45) is 10.9 Å². The molecule has 0 radical (unpaired) electrons. The highest BCUT2D eigenvalue weighted by Gasteiger charge is 2.11. The van der Waals surface area contributed by atoms with Crippen LogP contribution in [0.2, 0.25) is 5.02 Å². The summed E-state index contributed by atoms with van der Waals surface area (Å²) < 4.78 is 2.17. The molecule has 2 aromatic rings. The quantitative estimate of drug-likeness (QED) is 0.620. The van der Waals surface area contributed by atoms with E-state index < -0.39 is 0 Å². The first-order valence-corrected chi connectivity index (χ1v) is 8.60. The van der Waals surface area contributed by atoms with Crippen LogP contribution < -0.4 is 10.6 Å². The Hall–Kier alpha value is -2.01. The number of nitrogens with one attached hydrogen (secondary N) is 2. The van der Waals surface area contributed by atoms with Gasteiger partial charge in [-0.2, -0.15) is 0 Å². The summed E-state index contributed by atoms with van der Waals surface area (Å²) in [5.41, 5.74) is 1.04. The lowest BCUT2D eigenvalue weighted by atomic mass is 10.1. The number of hydrogen-bond acceptors (Lipinski definition) is 2. The molecule has 0 fully saturated rings. The molecule has 0 saturated carbocycles. The van der Waals surface area contributed by atoms with Gasteiger partial charge in [-0.1, -0.05) is 43.6 Å². The Labute approximate surface area is 149 Å². The monoisotopic (exact) mass is 347 g/mol. The van der Waals surface area contributed by atoms with E-state index in [1.807, 2.05) is 36.7 Å². The Morgan fingerprint density at radius 1 is 1.29 bits per heavy atom. The maximum absolute atomic E-state index is 6.26. The number of halogens is 1. The fourth-order valence-electron chi connectivity index (χ4n) is 2.53. The number of imidazole rings is 1. The average molecular weight is 348 g/mol. The van der Waals surface area contributed by atoms with Gasteiger partial charge < -0.3 is 15.2 Å². The van der Waals surface area contributed by atoms with Gasteiger partial charge in [0.2, 0.25) is 0 Å². The molecule has 5 nitrogen and oxygen atoms in total. The Bertz CT molecular complexity index is 678. The van der Waals surface area contributed by atoms with Gasteiger partial charge in [0.05, 0.1) is 12.6 Å². The highest BCUT2D eigenvalue weighted by atomic mass is 35.5. The zero-order valence-electron chi connectivity index (χ0n) is 14.8. The lowest BCUT2D eigenvalue weighted by Crippen LogP contribution is -2.38. The molecule has 0 aliphatic carbocycles. The second-order valence-corrected chi connectivity index (χ2v) is 6.61. The summed E-state index contributed by atoms with van der Waals surface area (Å²) in [6.07, 6.45) is 3.85. The van der Waals surface area contributed by atoms with E-state index in [-0.39, 0.29) is 6.04 Å². The SMILES string of the molecule is CN=C(NCc1nccn1CC(C)C)NC(C)c1ccccc1Cl. The highest BCUT2D eigenvalue weighted by molar-refractivity contribution is 6.31. The zero-order valence-corrected chi connectivity index (χ0v) is 15.5. The molecular weight excluding hydrogens is 322 g/mol. The molecule has 1 aromatic carbocycles. The van der Waals surface area contributed by atoms with Crippen LogP contribution in [0.25, 0.3) is 0 Å². The molecule has 24 heavy (non-hydrogen) atoms. The van der Waals surface area contributed by atoms with Crippen LogP contribution in [0, 0.1) is 5.92 Å². The van der Waals surface area contributed by atoms with Crippen molar-refractivity contribution in [1.82, 2.24) is 20.2 Å². The van der Waals surface area contributed by atoms with E-state index >= 15 is 0 Å². The molecular formula is C18H26ClN5. The third-order valence-electron chi connectivity index (χ3n) is 3.73. The van der Waals surface area contributed by atoms with E-state index in [0.717, 1.165) is 28.9 Å². The van der Waals surface area contributed by atoms with Crippen LogP contribution in [-0.2, 0) is 13.1 Å². The standard InChI is InChI=1S/C18H26ClN5/c1-13(2)12-24-10-9-21-17(24)11-22-18(20-4)23-14(3)15-7-5-6-8-16(15)19/h5-10,13-14H,11-12H2,1-4H3,(H2,20,22,23). The van der Waals surface area contributed by atoms with Crippen molar-refractivity contribution in [3.8, 4) is 0 Å². The number of aliphatic imine (C=N–C) groups is 1. The van der Waals surface area contributed by atoms with Crippen molar-refractivity contribution >= 4 is 17.6 Å². The molecule has 0 amide bonds. The van der Waals surface area contributed by atoms with Crippen molar-refractivity contribution in [1.29, 1.82) is 0 Å². The normalized spacial score (nSPS) is 13.2. The molecule has 1 heterocycles. The van der Waals surface area contributed by atoms with Gasteiger partial charge in [-0.3, -0.25) is 4.99 Å². The minimum absolute atomic E-state index is 0.0558. The van der Waals surface area contributed by atoms with Gasteiger partial charge in [-0.25, -0.2) is 4.98 Å². The molecule has 2 rings (SSSR count). The van der Waals surface area contributed by atoms with Crippen LogP contribution in [0.5, 0.6) is 0 Å². The van der Waals surface area contributed by atoms with E-state index in [9.17, 15) is 0 Å². The van der Waals surface area contributed by atoms with Crippen LogP contribution in [0.3, 0.4) is 0 Å². The highest BCUT2D eigenvalue weighted by Crippen LogP contribution is 2.21. The molecule has 0 aliphatic heterocycles. The minimum atomic E-state index is 0.0558. The number of aromatic nitrogens is 2. The summed E-state index contributed by atoms with van der Waals surface area (Å²) in [6.45, 7) is 8.04. The number of nitrogens with zero attached hydrogens (tertiary/aromatic N) is 3. The number of benzene rings is 1. The summed E-state index contributed by atoms with van der Waals surface area (Å²) in [5, 5.41) is 7.43. The van der Waals surface area contributed by atoms with Crippen LogP contribution >= 0.6 is 11.6 Å². The van der Waals surface area contributed by atoms with Crippen molar-refractivity contribution in [3.63, 3.8) is 0 Å². The van der Waals surface area contributed by atoms with Crippen molar-refractivity contribution in [2.45, 2.75) is 39.9 Å².